The maximum atomic E-state index is 7.00. The van der Waals surface area contributed by atoms with E-state index in [1.54, 1.807) is 0 Å². The van der Waals surface area contributed by atoms with Gasteiger partial charge in [-0.1, -0.05) is 0 Å². The van der Waals surface area contributed by atoms with E-state index in [1.807, 2.05) is 0 Å². The molecule has 0 atom stereocenters. The minimum absolute atomic E-state index is 0. The minimum Gasteiger partial charge on any atom is -0.429 e. The van der Waals surface area contributed by atoms with Crippen LogP contribution in [0, 0.1) is 0 Å². The zero-order chi connectivity index (χ0) is 6.24. The Morgan fingerprint density at radius 3 is 1.62 bits per heavy atom. The molecule has 1 radical (unpaired) electrons. The Hall–Kier alpha value is -0.0551. The van der Waals surface area contributed by atoms with E-state index in [0.717, 1.165) is 0 Å². The Morgan fingerprint density at radius 2 is 1.50 bits per heavy atom. The Bertz CT molecular complexity index is 33.4. The molecule has 0 amide bonds. The highest BCUT2D eigenvalue weighted by atomic mass is 16.4. The molecule has 0 aromatic rings. The molecule has 47 valence electrons. The van der Waals surface area contributed by atoms with Crippen LogP contribution in [0.15, 0.2) is 0 Å². The number of nitrogens with one attached hydrogen (secondary N) is 1. The third kappa shape index (κ3) is 5.94. The Balaban J connectivity index is 0.000000145. The average Bonchev–Trinajstić information content (AvgIpc) is 2.17. The Kier molecular flexibility index (Phi) is 6.90. The first-order valence-electron chi connectivity index (χ1n) is 2.72. The van der Waals surface area contributed by atoms with Crippen LogP contribution in [0.3, 0.4) is 0 Å². The summed E-state index contributed by atoms with van der Waals surface area (Å²) in [6.45, 7) is 2.50. The molecular weight excluding hydrogens is 105 g/mol. The third-order valence-electron chi connectivity index (χ3n) is 0.957. The smallest absolute Gasteiger partial charge is 0.429 e. The van der Waals surface area contributed by atoms with Crippen LogP contribution < -0.4 is 5.32 Å². The van der Waals surface area contributed by atoms with Crippen LogP contribution >= 0.6 is 0 Å². The summed E-state index contributed by atoms with van der Waals surface area (Å²) >= 11 is 0. The summed E-state index contributed by atoms with van der Waals surface area (Å²) in [5.41, 5.74) is 0. The van der Waals surface area contributed by atoms with Gasteiger partial charge in [0.15, 0.2) is 0 Å². The second kappa shape index (κ2) is 6.94. The maximum Gasteiger partial charge on any atom is 0.482 e. The van der Waals surface area contributed by atoms with Gasteiger partial charge in [0.05, 0.1) is 0 Å². The van der Waals surface area contributed by atoms with Crippen molar-refractivity contribution < 1.29 is 10.0 Å². The molecule has 0 bridgehead atoms. The van der Waals surface area contributed by atoms with Crippen molar-refractivity contribution in [2.45, 2.75) is 12.8 Å². The molecule has 1 aliphatic heterocycles. The van der Waals surface area contributed by atoms with Crippen molar-refractivity contribution in [3.8, 4) is 0 Å². The van der Waals surface area contributed by atoms with Crippen molar-refractivity contribution in [3.05, 3.63) is 0 Å². The predicted molar refractivity (Wildman–Crippen MR) is 32.3 cm³/mol. The Morgan fingerprint density at radius 1 is 1.12 bits per heavy atom. The molecular formula is C4H11BNO2. The van der Waals surface area contributed by atoms with Gasteiger partial charge in [0.25, 0.3) is 0 Å². The zero-order valence-corrected chi connectivity index (χ0v) is 4.80. The summed E-state index contributed by atoms with van der Waals surface area (Å²) in [5, 5.41) is 17.2. The molecule has 0 saturated carbocycles. The van der Waals surface area contributed by atoms with Crippen LogP contribution in [0.2, 0.25) is 0 Å². The SMILES string of the molecule is C1CCNC1.O[B]O. The summed E-state index contributed by atoms with van der Waals surface area (Å²) in [7, 11) is 0. The van der Waals surface area contributed by atoms with E-state index in [-0.39, 0.29) is 7.69 Å². The van der Waals surface area contributed by atoms with Crippen molar-refractivity contribution in [3.63, 3.8) is 0 Å². The third-order valence-corrected chi connectivity index (χ3v) is 0.957. The standard InChI is InChI=1S/C4H9N.BH2O2/c1-2-4-5-3-1;2-1-3/h5H,1-4H2;2-3H. The molecule has 1 fully saturated rings. The maximum absolute atomic E-state index is 7.00. The van der Waals surface area contributed by atoms with Gasteiger partial charge in [0.1, 0.15) is 0 Å². The zero-order valence-electron chi connectivity index (χ0n) is 4.80. The lowest BCUT2D eigenvalue weighted by Crippen LogP contribution is -2.03. The lowest BCUT2D eigenvalue weighted by Gasteiger charge is -1.76. The largest absolute Gasteiger partial charge is 0.482 e. The van der Waals surface area contributed by atoms with Gasteiger partial charge < -0.3 is 15.4 Å². The highest BCUT2D eigenvalue weighted by Gasteiger charge is 1.93. The molecule has 1 aliphatic rings. The molecule has 4 heteroatoms. The fraction of sp³-hybridized carbons (Fsp3) is 1.00. The molecule has 0 spiro atoms. The van der Waals surface area contributed by atoms with Gasteiger partial charge in [-0.25, -0.2) is 0 Å². The molecule has 3 N–H and O–H groups in total. The molecule has 8 heavy (non-hydrogen) atoms. The summed E-state index contributed by atoms with van der Waals surface area (Å²) in [6.07, 6.45) is 2.78. The van der Waals surface area contributed by atoms with Gasteiger partial charge >= 0.3 is 7.69 Å². The van der Waals surface area contributed by atoms with Crippen LogP contribution in [0.1, 0.15) is 12.8 Å². The van der Waals surface area contributed by atoms with E-state index >= 15 is 0 Å². The summed E-state index contributed by atoms with van der Waals surface area (Å²) in [6, 6.07) is 0. The Labute approximate surface area is 50.0 Å². The number of rotatable bonds is 0. The van der Waals surface area contributed by atoms with Crippen LogP contribution in [0.25, 0.3) is 0 Å². The second-order valence-electron chi connectivity index (χ2n) is 1.57. The fourth-order valence-electron chi connectivity index (χ4n) is 0.625. The highest BCUT2D eigenvalue weighted by Crippen LogP contribution is 1.90. The van der Waals surface area contributed by atoms with Crippen LogP contribution in [0.4, 0.5) is 0 Å². The monoisotopic (exact) mass is 116 g/mol. The first-order chi connectivity index (χ1) is 3.91. The topological polar surface area (TPSA) is 52.5 Å². The molecule has 0 aromatic heterocycles. The van der Waals surface area contributed by atoms with Gasteiger partial charge in [0.2, 0.25) is 0 Å². The van der Waals surface area contributed by atoms with Crippen LogP contribution in [-0.4, -0.2) is 30.8 Å². The normalized spacial score (nSPS) is 16.8. The van der Waals surface area contributed by atoms with Gasteiger partial charge in [-0.05, 0) is 25.9 Å². The lowest BCUT2D eigenvalue weighted by atomic mass is 10.4. The summed E-state index contributed by atoms with van der Waals surface area (Å²) in [4.78, 5) is 0. The van der Waals surface area contributed by atoms with E-state index in [9.17, 15) is 0 Å². The van der Waals surface area contributed by atoms with Gasteiger partial charge in [-0.2, -0.15) is 0 Å². The van der Waals surface area contributed by atoms with Crippen LogP contribution in [-0.2, 0) is 0 Å². The molecule has 1 saturated heterocycles. The van der Waals surface area contributed by atoms with Crippen molar-refractivity contribution in [1.29, 1.82) is 0 Å². The second-order valence-corrected chi connectivity index (χ2v) is 1.57. The number of hydrogen-bond donors (Lipinski definition) is 3. The van der Waals surface area contributed by atoms with Crippen molar-refractivity contribution in [1.82, 2.24) is 5.32 Å². The van der Waals surface area contributed by atoms with Gasteiger partial charge in [0, 0.05) is 0 Å². The molecule has 1 rings (SSSR count). The van der Waals surface area contributed by atoms with Gasteiger partial charge in [-0.3, -0.25) is 0 Å². The van der Waals surface area contributed by atoms with E-state index in [2.05, 4.69) is 5.32 Å². The minimum atomic E-state index is 0. The van der Waals surface area contributed by atoms with Crippen LogP contribution in [0.5, 0.6) is 0 Å². The molecule has 3 nitrogen and oxygen atoms in total. The van der Waals surface area contributed by atoms with E-state index in [0.29, 0.717) is 0 Å². The van der Waals surface area contributed by atoms with Crippen molar-refractivity contribution in [2.75, 3.05) is 13.1 Å². The first-order valence-corrected chi connectivity index (χ1v) is 2.72. The molecule has 0 aliphatic carbocycles. The van der Waals surface area contributed by atoms with Crippen molar-refractivity contribution >= 4 is 7.69 Å². The predicted octanol–water partition coefficient (Wildman–Crippen LogP) is -1.13. The number of hydrogen-bond acceptors (Lipinski definition) is 3. The van der Waals surface area contributed by atoms with E-state index < -0.39 is 0 Å². The fourth-order valence-corrected chi connectivity index (χ4v) is 0.625. The molecule has 1 heterocycles. The lowest BCUT2D eigenvalue weighted by molar-refractivity contribution is 0.448. The summed E-state index contributed by atoms with van der Waals surface area (Å²) < 4.78 is 0. The summed E-state index contributed by atoms with van der Waals surface area (Å²) in [5.74, 6) is 0. The highest BCUT2D eigenvalue weighted by molar-refractivity contribution is 6.13. The van der Waals surface area contributed by atoms with E-state index in [4.69, 9.17) is 10.0 Å². The molecule has 0 unspecified atom stereocenters. The average molecular weight is 116 g/mol. The van der Waals surface area contributed by atoms with Crippen molar-refractivity contribution in [2.24, 2.45) is 0 Å². The first kappa shape index (κ1) is 7.94. The molecule has 0 aromatic carbocycles. The quantitative estimate of drug-likeness (QED) is 0.351. The van der Waals surface area contributed by atoms with Gasteiger partial charge in [-0.15, -0.1) is 0 Å². The van der Waals surface area contributed by atoms with E-state index in [1.165, 1.54) is 25.9 Å².